The first-order valence-electron chi connectivity index (χ1n) is 3.88. The second-order valence-corrected chi connectivity index (χ2v) is 2.66. The zero-order chi connectivity index (χ0) is 7.52. The molecule has 1 saturated heterocycles. The Kier molecular flexibility index (Phi) is 1.78. The molecular formula is C9H11NO. The molecule has 1 aliphatic rings. The van der Waals surface area contributed by atoms with Gasteiger partial charge >= 0.3 is 0 Å². The van der Waals surface area contributed by atoms with Crippen molar-refractivity contribution in [2.45, 2.75) is 12.6 Å². The molecule has 58 valence electrons. The van der Waals surface area contributed by atoms with Gasteiger partial charge in [-0.15, -0.1) is 0 Å². The number of hydrogen-bond acceptors (Lipinski definition) is 2. The fourth-order valence-electron chi connectivity index (χ4n) is 1.07. The Balaban J connectivity index is 1.95. The number of para-hydroxylation sites is 1. The van der Waals surface area contributed by atoms with Gasteiger partial charge in [0.2, 0.25) is 0 Å². The number of hydrogen-bond donors (Lipinski definition) is 1. The van der Waals surface area contributed by atoms with Crippen LogP contribution in [0, 0.1) is 0 Å². The lowest BCUT2D eigenvalue weighted by atomic mass is 10.2. The third kappa shape index (κ3) is 1.52. The average Bonchev–Trinajstić information content (AvgIpc) is 1.99. The summed E-state index contributed by atoms with van der Waals surface area (Å²) in [6.45, 7) is 0.893. The smallest absolute Gasteiger partial charge is 0.129 e. The van der Waals surface area contributed by atoms with Crippen molar-refractivity contribution in [1.29, 1.82) is 0 Å². The second kappa shape index (κ2) is 2.93. The van der Waals surface area contributed by atoms with Gasteiger partial charge in [-0.3, -0.25) is 0 Å². The molecule has 1 aliphatic heterocycles. The van der Waals surface area contributed by atoms with Gasteiger partial charge in [0.1, 0.15) is 6.23 Å². The molecule has 0 bridgehead atoms. The molecule has 0 spiro atoms. The molecule has 1 N–H and O–H groups in total. The van der Waals surface area contributed by atoms with Gasteiger partial charge in [-0.25, -0.2) is 0 Å². The van der Waals surface area contributed by atoms with E-state index in [9.17, 15) is 0 Å². The van der Waals surface area contributed by atoms with E-state index in [0.29, 0.717) is 0 Å². The third-order valence-electron chi connectivity index (χ3n) is 1.80. The van der Waals surface area contributed by atoms with Crippen LogP contribution < -0.4 is 5.32 Å². The van der Waals surface area contributed by atoms with Gasteiger partial charge in [0.05, 0.1) is 6.61 Å². The van der Waals surface area contributed by atoms with Crippen molar-refractivity contribution in [3.63, 3.8) is 0 Å². The van der Waals surface area contributed by atoms with Gasteiger partial charge in [-0.2, -0.15) is 0 Å². The maximum absolute atomic E-state index is 5.22. The minimum Gasteiger partial charge on any atom is -0.360 e. The normalized spacial score (nSPS) is 22.4. The molecule has 1 unspecified atom stereocenters. The van der Waals surface area contributed by atoms with Crippen molar-refractivity contribution in [2.24, 2.45) is 0 Å². The molecule has 0 saturated carbocycles. The van der Waals surface area contributed by atoms with E-state index in [-0.39, 0.29) is 6.23 Å². The fourth-order valence-corrected chi connectivity index (χ4v) is 1.07. The molecule has 2 heteroatoms. The molecule has 1 aromatic carbocycles. The van der Waals surface area contributed by atoms with Crippen LogP contribution in [0.4, 0.5) is 5.69 Å². The van der Waals surface area contributed by atoms with E-state index < -0.39 is 0 Å². The van der Waals surface area contributed by atoms with Crippen molar-refractivity contribution in [1.82, 2.24) is 0 Å². The predicted molar refractivity (Wildman–Crippen MR) is 44.4 cm³/mol. The molecule has 1 atom stereocenters. The molecule has 1 heterocycles. The SMILES string of the molecule is c1ccc(NC2CCO2)cc1. The minimum atomic E-state index is 0.248. The van der Waals surface area contributed by atoms with Gasteiger partial charge < -0.3 is 10.1 Å². The van der Waals surface area contributed by atoms with Crippen molar-refractivity contribution in [3.05, 3.63) is 30.3 Å². The lowest BCUT2D eigenvalue weighted by molar-refractivity contribution is -0.0313. The van der Waals surface area contributed by atoms with E-state index in [4.69, 9.17) is 4.74 Å². The first-order valence-corrected chi connectivity index (χ1v) is 3.88. The first kappa shape index (κ1) is 6.68. The van der Waals surface area contributed by atoms with Gasteiger partial charge in [0.15, 0.2) is 0 Å². The van der Waals surface area contributed by atoms with Crippen LogP contribution >= 0.6 is 0 Å². The van der Waals surface area contributed by atoms with Crippen LogP contribution in [0.5, 0.6) is 0 Å². The highest BCUT2D eigenvalue weighted by molar-refractivity contribution is 5.43. The summed E-state index contributed by atoms with van der Waals surface area (Å²) in [4.78, 5) is 0. The fraction of sp³-hybridized carbons (Fsp3) is 0.333. The number of anilines is 1. The van der Waals surface area contributed by atoms with Crippen LogP contribution in [0.3, 0.4) is 0 Å². The molecule has 0 aromatic heterocycles. The summed E-state index contributed by atoms with van der Waals surface area (Å²) in [5.74, 6) is 0. The third-order valence-corrected chi connectivity index (χ3v) is 1.80. The highest BCUT2D eigenvalue weighted by Gasteiger charge is 2.16. The Bertz CT molecular complexity index is 218. The van der Waals surface area contributed by atoms with E-state index in [1.54, 1.807) is 0 Å². The van der Waals surface area contributed by atoms with Crippen LogP contribution in [0.25, 0.3) is 0 Å². The van der Waals surface area contributed by atoms with Crippen molar-refractivity contribution in [3.8, 4) is 0 Å². The van der Waals surface area contributed by atoms with E-state index in [1.165, 1.54) is 0 Å². The molecule has 0 amide bonds. The average molecular weight is 149 g/mol. The number of nitrogens with one attached hydrogen (secondary N) is 1. The summed E-state index contributed by atoms with van der Waals surface area (Å²) in [5.41, 5.74) is 1.14. The lowest BCUT2D eigenvalue weighted by Crippen LogP contribution is -2.34. The molecule has 0 radical (unpaired) electrons. The Labute approximate surface area is 66.2 Å². The summed E-state index contributed by atoms with van der Waals surface area (Å²) in [5, 5.41) is 3.26. The van der Waals surface area contributed by atoms with E-state index in [2.05, 4.69) is 5.32 Å². The van der Waals surface area contributed by atoms with Crippen LogP contribution in [0.2, 0.25) is 0 Å². The molecule has 1 fully saturated rings. The summed E-state index contributed by atoms with van der Waals surface area (Å²) in [7, 11) is 0. The Morgan fingerprint density at radius 2 is 2.00 bits per heavy atom. The highest BCUT2D eigenvalue weighted by atomic mass is 16.5. The summed E-state index contributed by atoms with van der Waals surface area (Å²) >= 11 is 0. The van der Waals surface area contributed by atoms with Crippen LogP contribution in [0.15, 0.2) is 30.3 Å². The Morgan fingerprint density at radius 1 is 1.27 bits per heavy atom. The summed E-state index contributed by atoms with van der Waals surface area (Å²) in [6.07, 6.45) is 1.37. The lowest BCUT2D eigenvalue weighted by Gasteiger charge is -2.27. The molecule has 0 aliphatic carbocycles. The Hall–Kier alpha value is -1.02. The van der Waals surface area contributed by atoms with Gasteiger partial charge in [0.25, 0.3) is 0 Å². The van der Waals surface area contributed by atoms with Crippen LogP contribution in [-0.2, 0) is 4.74 Å². The van der Waals surface area contributed by atoms with Gasteiger partial charge in [0, 0.05) is 12.1 Å². The zero-order valence-electron chi connectivity index (χ0n) is 6.29. The molecule has 1 aromatic rings. The monoisotopic (exact) mass is 149 g/mol. The quantitative estimate of drug-likeness (QED) is 0.692. The molecule has 2 rings (SSSR count). The maximum atomic E-state index is 5.22. The minimum absolute atomic E-state index is 0.248. The molecule has 2 nitrogen and oxygen atoms in total. The second-order valence-electron chi connectivity index (χ2n) is 2.66. The number of rotatable bonds is 2. The topological polar surface area (TPSA) is 21.3 Å². The van der Waals surface area contributed by atoms with Crippen molar-refractivity contribution < 1.29 is 4.74 Å². The van der Waals surface area contributed by atoms with Crippen LogP contribution in [-0.4, -0.2) is 12.8 Å². The number of ether oxygens (including phenoxy) is 1. The van der Waals surface area contributed by atoms with E-state index in [0.717, 1.165) is 18.7 Å². The Morgan fingerprint density at radius 3 is 2.55 bits per heavy atom. The molecule has 11 heavy (non-hydrogen) atoms. The molecular weight excluding hydrogens is 138 g/mol. The maximum Gasteiger partial charge on any atom is 0.129 e. The standard InChI is InChI=1S/C9H11NO/c1-2-4-8(5-3-1)10-9-6-7-11-9/h1-5,9-10H,6-7H2. The van der Waals surface area contributed by atoms with Crippen LogP contribution in [0.1, 0.15) is 6.42 Å². The van der Waals surface area contributed by atoms with Crippen molar-refractivity contribution in [2.75, 3.05) is 11.9 Å². The largest absolute Gasteiger partial charge is 0.360 e. The predicted octanol–water partition coefficient (Wildman–Crippen LogP) is 1.84. The van der Waals surface area contributed by atoms with Gasteiger partial charge in [-0.05, 0) is 12.1 Å². The van der Waals surface area contributed by atoms with E-state index >= 15 is 0 Å². The summed E-state index contributed by atoms with van der Waals surface area (Å²) < 4.78 is 5.22. The van der Waals surface area contributed by atoms with Crippen molar-refractivity contribution >= 4 is 5.69 Å². The highest BCUT2D eigenvalue weighted by Crippen LogP contribution is 2.15. The zero-order valence-corrected chi connectivity index (χ0v) is 6.29. The van der Waals surface area contributed by atoms with E-state index in [1.807, 2.05) is 30.3 Å². The summed E-state index contributed by atoms with van der Waals surface area (Å²) in [6, 6.07) is 10.1. The van der Waals surface area contributed by atoms with Gasteiger partial charge in [-0.1, -0.05) is 18.2 Å². The first-order chi connectivity index (χ1) is 5.45. The number of benzene rings is 1.